The number of thiazole rings is 1. The summed E-state index contributed by atoms with van der Waals surface area (Å²) in [6, 6.07) is 2.09. The Kier molecular flexibility index (Phi) is 6.09. The zero-order chi connectivity index (χ0) is 22.1. The third-order valence-electron chi connectivity index (χ3n) is 6.41. The van der Waals surface area contributed by atoms with E-state index >= 15 is 0 Å². The molecule has 2 aromatic heterocycles. The Balaban J connectivity index is 1.37. The van der Waals surface area contributed by atoms with E-state index in [1.165, 1.54) is 16.2 Å². The molecule has 2 unspecified atom stereocenters. The summed E-state index contributed by atoms with van der Waals surface area (Å²) in [6.07, 6.45) is 5.51. The normalized spacial score (nSPS) is 20.8. The number of allylic oxidation sites excluding steroid dienone is 1. The zero-order valence-electron chi connectivity index (χ0n) is 18.0. The number of carbonyl (C=O) groups is 3. The standard InChI is InChI=1S/C23H28N4O3S/c1-4-10-26-14(2)12-18(15(26)3)19-13-31-23(24-19)25-20(28)9-11-27-21(29)16-7-5-6-8-17(16)22(27)30/h4,12-13,16-17H,1,5-11H2,2-3H3,(H,24,25,28). The Morgan fingerprint density at radius 3 is 2.58 bits per heavy atom. The maximum Gasteiger partial charge on any atom is 0.233 e. The van der Waals surface area contributed by atoms with Crippen LogP contribution < -0.4 is 5.32 Å². The number of hydrogen-bond donors (Lipinski definition) is 1. The number of anilines is 1. The minimum absolute atomic E-state index is 0.0830. The number of likely N-dealkylation sites (tertiary alicyclic amines) is 1. The van der Waals surface area contributed by atoms with Crippen molar-refractivity contribution in [3.05, 3.63) is 35.5 Å². The van der Waals surface area contributed by atoms with E-state index in [-0.39, 0.29) is 42.5 Å². The number of rotatable bonds is 7. The van der Waals surface area contributed by atoms with Crippen LogP contribution in [-0.4, -0.2) is 38.7 Å². The molecule has 0 spiro atoms. The van der Waals surface area contributed by atoms with Gasteiger partial charge in [-0.25, -0.2) is 4.98 Å². The van der Waals surface area contributed by atoms with Crippen molar-refractivity contribution in [2.24, 2.45) is 11.8 Å². The van der Waals surface area contributed by atoms with Crippen LogP contribution in [0, 0.1) is 25.7 Å². The number of aryl methyl sites for hydroxylation is 1. The Labute approximate surface area is 186 Å². The van der Waals surface area contributed by atoms with Crippen molar-refractivity contribution in [1.29, 1.82) is 0 Å². The van der Waals surface area contributed by atoms with Crippen molar-refractivity contribution in [2.75, 3.05) is 11.9 Å². The minimum atomic E-state index is -0.242. The van der Waals surface area contributed by atoms with Crippen molar-refractivity contribution in [1.82, 2.24) is 14.5 Å². The average Bonchev–Trinajstić information content (AvgIpc) is 3.39. The van der Waals surface area contributed by atoms with E-state index in [9.17, 15) is 14.4 Å². The van der Waals surface area contributed by atoms with Crippen LogP contribution in [0.4, 0.5) is 5.13 Å². The summed E-state index contributed by atoms with van der Waals surface area (Å²) >= 11 is 1.37. The largest absolute Gasteiger partial charge is 0.345 e. The Morgan fingerprint density at radius 1 is 1.26 bits per heavy atom. The summed E-state index contributed by atoms with van der Waals surface area (Å²) in [4.78, 5) is 43.4. The number of fused-ring (bicyclic) bond motifs is 1. The van der Waals surface area contributed by atoms with Crippen molar-refractivity contribution in [3.8, 4) is 11.3 Å². The van der Waals surface area contributed by atoms with Gasteiger partial charge in [-0.3, -0.25) is 19.3 Å². The molecule has 1 saturated heterocycles. The molecule has 1 N–H and O–H groups in total. The fraction of sp³-hybridized carbons (Fsp3) is 0.478. The molecule has 2 aliphatic rings. The van der Waals surface area contributed by atoms with Crippen LogP contribution in [0.15, 0.2) is 24.1 Å². The van der Waals surface area contributed by atoms with Gasteiger partial charge < -0.3 is 9.88 Å². The zero-order valence-corrected chi connectivity index (χ0v) is 18.8. The Hall–Kier alpha value is -2.74. The smallest absolute Gasteiger partial charge is 0.233 e. The molecule has 2 fully saturated rings. The van der Waals surface area contributed by atoms with E-state index in [2.05, 4.69) is 27.5 Å². The maximum absolute atomic E-state index is 12.5. The molecule has 3 heterocycles. The lowest BCUT2D eigenvalue weighted by molar-refractivity contribution is -0.140. The average molecular weight is 441 g/mol. The van der Waals surface area contributed by atoms with Crippen molar-refractivity contribution < 1.29 is 14.4 Å². The van der Waals surface area contributed by atoms with E-state index in [1.807, 2.05) is 25.3 Å². The molecule has 1 aliphatic heterocycles. The number of carbonyl (C=O) groups excluding carboxylic acids is 3. The maximum atomic E-state index is 12.5. The molecule has 0 aromatic carbocycles. The molecule has 31 heavy (non-hydrogen) atoms. The third kappa shape index (κ3) is 4.08. The van der Waals surface area contributed by atoms with Crippen molar-refractivity contribution >= 4 is 34.2 Å². The molecular formula is C23H28N4O3S. The molecule has 8 heteroatoms. The van der Waals surface area contributed by atoms with Gasteiger partial charge in [0.2, 0.25) is 17.7 Å². The van der Waals surface area contributed by atoms with Gasteiger partial charge in [-0.05, 0) is 32.8 Å². The molecule has 0 bridgehead atoms. The van der Waals surface area contributed by atoms with Crippen LogP contribution in [0.3, 0.4) is 0 Å². The van der Waals surface area contributed by atoms with Crippen molar-refractivity contribution in [2.45, 2.75) is 52.5 Å². The second-order valence-corrected chi connectivity index (χ2v) is 9.20. The van der Waals surface area contributed by atoms with E-state index < -0.39 is 0 Å². The topological polar surface area (TPSA) is 84.3 Å². The first-order valence-electron chi connectivity index (χ1n) is 10.8. The van der Waals surface area contributed by atoms with Gasteiger partial charge >= 0.3 is 0 Å². The number of nitrogens with zero attached hydrogens (tertiary/aromatic N) is 3. The quantitative estimate of drug-likeness (QED) is 0.522. The summed E-state index contributed by atoms with van der Waals surface area (Å²) in [7, 11) is 0. The molecule has 0 radical (unpaired) electrons. The number of imide groups is 1. The molecule has 4 rings (SSSR count). The predicted octanol–water partition coefficient (Wildman–Crippen LogP) is 3.92. The highest BCUT2D eigenvalue weighted by molar-refractivity contribution is 7.14. The third-order valence-corrected chi connectivity index (χ3v) is 7.16. The summed E-state index contributed by atoms with van der Waals surface area (Å²) < 4.78 is 2.17. The van der Waals surface area contributed by atoms with Gasteiger partial charge in [0.15, 0.2) is 5.13 Å². The Bertz CT molecular complexity index is 1010. The molecule has 1 saturated carbocycles. The molecule has 1 aliphatic carbocycles. The van der Waals surface area contributed by atoms with Crippen LogP contribution in [-0.2, 0) is 20.9 Å². The number of nitrogens with one attached hydrogen (secondary N) is 1. The van der Waals surface area contributed by atoms with E-state index in [0.717, 1.165) is 54.9 Å². The van der Waals surface area contributed by atoms with E-state index in [0.29, 0.717) is 5.13 Å². The van der Waals surface area contributed by atoms with Crippen LogP contribution >= 0.6 is 11.3 Å². The molecule has 2 aromatic rings. The lowest BCUT2D eigenvalue weighted by Crippen LogP contribution is -2.34. The molecule has 3 amide bonds. The fourth-order valence-electron chi connectivity index (χ4n) is 4.77. The fourth-order valence-corrected chi connectivity index (χ4v) is 5.50. The van der Waals surface area contributed by atoms with Gasteiger partial charge in [0.1, 0.15) is 0 Å². The van der Waals surface area contributed by atoms with Crippen LogP contribution in [0.5, 0.6) is 0 Å². The SMILES string of the molecule is C=CCn1c(C)cc(-c2csc(NC(=O)CCN3C(=O)C4CCCCC4C3=O)n2)c1C. The van der Waals surface area contributed by atoms with Gasteiger partial charge in [0, 0.05) is 41.8 Å². The predicted molar refractivity (Wildman–Crippen MR) is 121 cm³/mol. The second-order valence-electron chi connectivity index (χ2n) is 8.35. The Morgan fingerprint density at radius 2 is 1.94 bits per heavy atom. The van der Waals surface area contributed by atoms with Crippen molar-refractivity contribution in [3.63, 3.8) is 0 Å². The lowest BCUT2D eigenvalue weighted by atomic mass is 9.81. The van der Waals surface area contributed by atoms with Gasteiger partial charge in [0.05, 0.1) is 17.5 Å². The van der Waals surface area contributed by atoms with Crippen LogP contribution in [0.2, 0.25) is 0 Å². The highest BCUT2D eigenvalue weighted by Crippen LogP contribution is 2.38. The number of aromatic nitrogens is 2. The molecule has 164 valence electrons. The van der Waals surface area contributed by atoms with Crippen LogP contribution in [0.25, 0.3) is 11.3 Å². The molecule has 7 nitrogen and oxygen atoms in total. The summed E-state index contributed by atoms with van der Waals surface area (Å²) in [5.74, 6) is -0.798. The molecular weight excluding hydrogens is 412 g/mol. The van der Waals surface area contributed by atoms with E-state index in [4.69, 9.17) is 0 Å². The number of amides is 3. The number of hydrogen-bond acceptors (Lipinski definition) is 5. The van der Waals surface area contributed by atoms with E-state index in [1.54, 1.807) is 0 Å². The summed E-state index contributed by atoms with van der Waals surface area (Å²) in [5.41, 5.74) is 4.09. The van der Waals surface area contributed by atoms with Gasteiger partial charge in [-0.1, -0.05) is 18.9 Å². The molecule has 2 atom stereocenters. The second kappa shape index (κ2) is 8.78. The minimum Gasteiger partial charge on any atom is -0.345 e. The summed E-state index contributed by atoms with van der Waals surface area (Å²) in [6.45, 7) is 8.77. The van der Waals surface area contributed by atoms with Gasteiger partial charge in [0.25, 0.3) is 0 Å². The monoisotopic (exact) mass is 440 g/mol. The highest BCUT2D eigenvalue weighted by atomic mass is 32.1. The lowest BCUT2D eigenvalue weighted by Gasteiger charge is -2.19. The van der Waals surface area contributed by atoms with Crippen LogP contribution in [0.1, 0.15) is 43.5 Å². The first kappa shape index (κ1) is 21.5. The summed E-state index contributed by atoms with van der Waals surface area (Å²) in [5, 5.41) is 5.25. The van der Waals surface area contributed by atoms with Gasteiger partial charge in [-0.15, -0.1) is 17.9 Å². The highest BCUT2D eigenvalue weighted by Gasteiger charge is 2.47. The van der Waals surface area contributed by atoms with Gasteiger partial charge in [-0.2, -0.15) is 0 Å². The first-order valence-corrected chi connectivity index (χ1v) is 11.7. The first-order chi connectivity index (χ1) is 14.9.